The Morgan fingerprint density at radius 3 is 2.27 bits per heavy atom. The standard InChI is InChI=1S/C10H11ClO3S/c1-8-2-4-10(5-3-8)15(13,14)7-9(12)6-11/h2-5H,6-7H2,1H3. The summed E-state index contributed by atoms with van der Waals surface area (Å²) in [7, 11) is -3.52. The van der Waals surface area contributed by atoms with Gasteiger partial charge in [0.05, 0.1) is 10.8 Å². The number of aryl methyl sites for hydroxylation is 1. The van der Waals surface area contributed by atoms with Crippen LogP contribution in [0.5, 0.6) is 0 Å². The van der Waals surface area contributed by atoms with Crippen LogP contribution in [0, 0.1) is 6.92 Å². The van der Waals surface area contributed by atoms with Crippen molar-refractivity contribution in [1.29, 1.82) is 0 Å². The van der Waals surface area contributed by atoms with E-state index < -0.39 is 21.4 Å². The Labute approximate surface area is 94.0 Å². The van der Waals surface area contributed by atoms with Crippen LogP contribution in [0.3, 0.4) is 0 Å². The van der Waals surface area contributed by atoms with Gasteiger partial charge in [-0.25, -0.2) is 8.42 Å². The maximum absolute atomic E-state index is 11.6. The van der Waals surface area contributed by atoms with E-state index in [4.69, 9.17) is 11.6 Å². The fourth-order valence-corrected chi connectivity index (χ4v) is 2.53. The summed E-state index contributed by atoms with van der Waals surface area (Å²) in [5, 5.41) is 0. The van der Waals surface area contributed by atoms with E-state index in [9.17, 15) is 13.2 Å². The molecule has 15 heavy (non-hydrogen) atoms. The van der Waals surface area contributed by atoms with Crippen molar-refractivity contribution in [3.05, 3.63) is 29.8 Å². The number of sulfone groups is 1. The van der Waals surface area contributed by atoms with Crippen LogP contribution in [0.1, 0.15) is 5.56 Å². The molecule has 3 nitrogen and oxygen atoms in total. The molecular weight excluding hydrogens is 236 g/mol. The predicted octanol–water partition coefficient (Wildman–Crippen LogP) is 1.58. The van der Waals surface area contributed by atoms with E-state index >= 15 is 0 Å². The molecule has 0 saturated carbocycles. The van der Waals surface area contributed by atoms with Crippen LogP contribution in [0.15, 0.2) is 29.2 Å². The van der Waals surface area contributed by atoms with Gasteiger partial charge in [-0.2, -0.15) is 0 Å². The van der Waals surface area contributed by atoms with E-state index in [1.807, 2.05) is 6.92 Å². The lowest BCUT2D eigenvalue weighted by Crippen LogP contribution is -2.17. The van der Waals surface area contributed by atoms with Crippen LogP contribution in [0.4, 0.5) is 0 Å². The number of rotatable bonds is 4. The Morgan fingerprint density at radius 1 is 1.27 bits per heavy atom. The second-order valence-corrected chi connectivity index (χ2v) is 5.50. The van der Waals surface area contributed by atoms with Crippen molar-refractivity contribution in [2.45, 2.75) is 11.8 Å². The van der Waals surface area contributed by atoms with Gasteiger partial charge in [0.1, 0.15) is 5.75 Å². The molecule has 0 heterocycles. The van der Waals surface area contributed by atoms with Gasteiger partial charge in [0, 0.05) is 0 Å². The number of halogens is 1. The van der Waals surface area contributed by atoms with Crippen molar-refractivity contribution >= 4 is 27.2 Å². The molecule has 0 atom stereocenters. The molecular formula is C10H11ClO3S. The molecule has 0 aliphatic carbocycles. The Hall–Kier alpha value is -0.870. The van der Waals surface area contributed by atoms with Crippen molar-refractivity contribution in [1.82, 2.24) is 0 Å². The van der Waals surface area contributed by atoms with Crippen LogP contribution in [-0.2, 0) is 14.6 Å². The molecule has 0 spiro atoms. The second-order valence-electron chi connectivity index (χ2n) is 3.24. The molecule has 0 unspecified atom stereocenters. The maximum Gasteiger partial charge on any atom is 0.185 e. The predicted molar refractivity (Wildman–Crippen MR) is 59.0 cm³/mol. The first kappa shape index (κ1) is 12.2. The minimum atomic E-state index is -3.52. The largest absolute Gasteiger partial charge is 0.297 e. The second kappa shape index (κ2) is 4.77. The highest BCUT2D eigenvalue weighted by Crippen LogP contribution is 2.12. The van der Waals surface area contributed by atoms with E-state index in [1.165, 1.54) is 12.1 Å². The van der Waals surface area contributed by atoms with Gasteiger partial charge in [-0.05, 0) is 19.1 Å². The number of ketones is 1. The molecule has 0 bridgehead atoms. The smallest absolute Gasteiger partial charge is 0.185 e. The number of hydrogen-bond donors (Lipinski definition) is 0. The SMILES string of the molecule is Cc1ccc(S(=O)(=O)CC(=O)CCl)cc1. The summed E-state index contributed by atoms with van der Waals surface area (Å²) in [5.74, 6) is -1.29. The minimum absolute atomic E-state index is 0.159. The van der Waals surface area contributed by atoms with Gasteiger partial charge in [0.2, 0.25) is 0 Å². The molecule has 1 aromatic rings. The molecule has 0 N–H and O–H groups in total. The number of carbonyl (C=O) groups is 1. The molecule has 0 aromatic heterocycles. The first-order valence-electron chi connectivity index (χ1n) is 4.33. The zero-order chi connectivity index (χ0) is 11.5. The van der Waals surface area contributed by atoms with E-state index in [0.717, 1.165) is 5.56 Å². The summed E-state index contributed by atoms with van der Waals surface area (Å²) < 4.78 is 23.3. The van der Waals surface area contributed by atoms with Crippen molar-refractivity contribution in [3.8, 4) is 0 Å². The quantitative estimate of drug-likeness (QED) is 0.758. The van der Waals surface area contributed by atoms with Gasteiger partial charge in [-0.1, -0.05) is 17.7 Å². The summed E-state index contributed by atoms with van der Waals surface area (Å²) in [6, 6.07) is 6.37. The first-order chi connectivity index (χ1) is 6.95. The summed E-state index contributed by atoms with van der Waals surface area (Å²) >= 11 is 5.26. The van der Waals surface area contributed by atoms with Crippen molar-refractivity contribution < 1.29 is 13.2 Å². The summed E-state index contributed by atoms with van der Waals surface area (Å²) in [6.45, 7) is 1.86. The number of alkyl halides is 1. The molecule has 0 fully saturated rings. The van der Waals surface area contributed by atoms with Crippen LogP contribution < -0.4 is 0 Å². The Morgan fingerprint density at radius 2 is 1.80 bits per heavy atom. The Bertz CT molecular complexity index is 448. The van der Waals surface area contributed by atoms with Gasteiger partial charge in [0.25, 0.3) is 0 Å². The van der Waals surface area contributed by atoms with Gasteiger partial charge in [0.15, 0.2) is 15.6 Å². The highest BCUT2D eigenvalue weighted by molar-refractivity contribution is 7.92. The van der Waals surface area contributed by atoms with Gasteiger partial charge >= 0.3 is 0 Å². The molecule has 5 heteroatoms. The molecule has 1 rings (SSSR count). The topological polar surface area (TPSA) is 51.2 Å². The van der Waals surface area contributed by atoms with E-state index in [1.54, 1.807) is 12.1 Å². The summed E-state index contributed by atoms with van der Waals surface area (Å²) in [6.07, 6.45) is 0. The first-order valence-corrected chi connectivity index (χ1v) is 6.51. The molecule has 0 radical (unpaired) electrons. The van der Waals surface area contributed by atoms with Crippen molar-refractivity contribution in [3.63, 3.8) is 0 Å². The van der Waals surface area contributed by atoms with Crippen molar-refractivity contribution in [2.24, 2.45) is 0 Å². The van der Waals surface area contributed by atoms with Crippen molar-refractivity contribution in [2.75, 3.05) is 11.6 Å². The molecule has 0 aliphatic heterocycles. The number of Topliss-reactive ketones (excluding diaryl/α,β-unsaturated/α-hetero) is 1. The molecule has 0 saturated heterocycles. The summed E-state index contributed by atoms with van der Waals surface area (Å²) in [5.41, 5.74) is 0.970. The fourth-order valence-electron chi connectivity index (χ4n) is 1.08. The van der Waals surface area contributed by atoms with Crippen LogP contribution in [0.2, 0.25) is 0 Å². The number of benzene rings is 1. The normalized spacial score (nSPS) is 11.3. The highest BCUT2D eigenvalue weighted by atomic mass is 35.5. The lowest BCUT2D eigenvalue weighted by Gasteiger charge is -2.02. The van der Waals surface area contributed by atoms with E-state index in [-0.39, 0.29) is 10.8 Å². The highest BCUT2D eigenvalue weighted by Gasteiger charge is 2.18. The van der Waals surface area contributed by atoms with Crippen LogP contribution in [-0.4, -0.2) is 25.8 Å². The average molecular weight is 247 g/mol. The molecule has 1 aromatic carbocycles. The van der Waals surface area contributed by atoms with Gasteiger partial charge in [-0.3, -0.25) is 4.79 Å². The third kappa shape index (κ3) is 3.32. The van der Waals surface area contributed by atoms with E-state index in [0.29, 0.717) is 0 Å². The molecule has 82 valence electrons. The van der Waals surface area contributed by atoms with E-state index in [2.05, 4.69) is 0 Å². The lowest BCUT2D eigenvalue weighted by atomic mass is 10.2. The number of hydrogen-bond acceptors (Lipinski definition) is 3. The Kier molecular flexibility index (Phi) is 3.88. The Balaban J connectivity index is 2.96. The fraction of sp³-hybridized carbons (Fsp3) is 0.300. The average Bonchev–Trinajstić information content (AvgIpc) is 2.17. The van der Waals surface area contributed by atoms with Gasteiger partial charge < -0.3 is 0 Å². The maximum atomic E-state index is 11.6. The zero-order valence-corrected chi connectivity index (χ0v) is 9.81. The molecule has 0 amide bonds. The number of carbonyl (C=O) groups excluding carboxylic acids is 1. The summed E-state index contributed by atoms with van der Waals surface area (Å²) in [4.78, 5) is 11.1. The third-order valence-electron chi connectivity index (χ3n) is 1.88. The zero-order valence-electron chi connectivity index (χ0n) is 8.23. The third-order valence-corrected chi connectivity index (χ3v) is 3.87. The molecule has 0 aliphatic rings. The minimum Gasteiger partial charge on any atom is -0.297 e. The van der Waals surface area contributed by atoms with Crippen LogP contribution in [0.25, 0.3) is 0 Å². The lowest BCUT2D eigenvalue weighted by molar-refractivity contribution is -0.114. The van der Waals surface area contributed by atoms with Gasteiger partial charge in [-0.15, -0.1) is 11.6 Å². The van der Waals surface area contributed by atoms with Crippen LogP contribution >= 0.6 is 11.6 Å². The monoisotopic (exact) mass is 246 g/mol.